The predicted octanol–water partition coefficient (Wildman–Crippen LogP) is 3.09. The second-order valence-electron chi connectivity index (χ2n) is 9.63. The number of phenols is 1. The fourth-order valence-corrected chi connectivity index (χ4v) is 7.45. The molecule has 2 heterocycles. The maximum absolute atomic E-state index is 13.6. The van der Waals surface area contributed by atoms with Crippen LogP contribution in [-0.2, 0) is 28.7 Å². The highest BCUT2D eigenvalue weighted by Crippen LogP contribution is 2.60. The number of ether oxygens (including phenoxy) is 3. The molecular weight excluding hydrogens is 648 g/mol. The van der Waals surface area contributed by atoms with Crippen LogP contribution in [0.1, 0.15) is 24.3 Å². The van der Waals surface area contributed by atoms with E-state index >= 15 is 0 Å². The van der Waals surface area contributed by atoms with Crippen LogP contribution in [-0.4, -0.2) is 72.1 Å². The first kappa shape index (κ1) is 27.3. The number of aromatic hydroxyl groups is 1. The number of fused-ring (bicyclic) bond motifs is 4. The van der Waals surface area contributed by atoms with Crippen molar-refractivity contribution < 1.29 is 48.1 Å². The van der Waals surface area contributed by atoms with Crippen LogP contribution >= 0.6 is 31.9 Å². The highest BCUT2D eigenvalue weighted by molar-refractivity contribution is 9.13. The molecule has 2 aliphatic heterocycles. The molecular formula is C25H22Br2N2O10. The third-order valence-electron chi connectivity index (χ3n) is 8.09. The van der Waals surface area contributed by atoms with E-state index in [1.807, 2.05) is 0 Å². The van der Waals surface area contributed by atoms with Crippen LogP contribution in [0.5, 0.6) is 11.5 Å². The minimum Gasteiger partial charge on any atom is -0.503 e. The number of imide groups is 6. The minimum atomic E-state index is -1.12. The minimum absolute atomic E-state index is 0.00568. The second kappa shape index (κ2) is 9.73. The summed E-state index contributed by atoms with van der Waals surface area (Å²) in [6.07, 6.45) is -0.351. The fourth-order valence-electron chi connectivity index (χ4n) is 6.47. The second-order valence-corrected chi connectivity index (χ2v) is 11.2. The van der Waals surface area contributed by atoms with Crippen molar-refractivity contribution in [3.63, 3.8) is 0 Å². The zero-order valence-corrected chi connectivity index (χ0v) is 24.0. The van der Waals surface area contributed by atoms with E-state index < -0.39 is 71.3 Å². The molecule has 12 nitrogen and oxygen atoms in total. The first-order chi connectivity index (χ1) is 18.5. The number of benzene rings is 1. The van der Waals surface area contributed by atoms with Crippen LogP contribution in [0.4, 0.5) is 9.59 Å². The highest BCUT2D eigenvalue weighted by atomic mass is 79.9. The van der Waals surface area contributed by atoms with E-state index in [0.29, 0.717) is 25.4 Å². The number of hydrogen-bond acceptors (Lipinski definition) is 10. The highest BCUT2D eigenvalue weighted by Gasteiger charge is 2.64. The van der Waals surface area contributed by atoms with Crippen molar-refractivity contribution in [2.45, 2.75) is 18.8 Å². The summed E-state index contributed by atoms with van der Waals surface area (Å²) >= 11 is 6.80. The van der Waals surface area contributed by atoms with Crippen LogP contribution in [0.25, 0.3) is 0 Å². The van der Waals surface area contributed by atoms with E-state index in [4.69, 9.17) is 9.47 Å². The van der Waals surface area contributed by atoms with E-state index in [2.05, 4.69) is 36.6 Å². The van der Waals surface area contributed by atoms with E-state index in [-0.39, 0.29) is 28.8 Å². The number of likely N-dealkylation sites (tertiary alicyclic amines) is 2. The van der Waals surface area contributed by atoms with Crippen LogP contribution in [0, 0.1) is 29.6 Å². The topological polar surface area (TPSA) is 157 Å². The largest absolute Gasteiger partial charge is 0.503 e. The van der Waals surface area contributed by atoms with Gasteiger partial charge in [-0.15, -0.1) is 0 Å². The van der Waals surface area contributed by atoms with Gasteiger partial charge in [-0.3, -0.25) is 19.2 Å². The van der Waals surface area contributed by atoms with Gasteiger partial charge in [0.05, 0.1) is 49.5 Å². The third kappa shape index (κ3) is 3.74. The molecule has 5 rings (SSSR count). The van der Waals surface area contributed by atoms with Gasteiger partial charge in [0.15, 0.2) is 11.5 Å². The zero-order valence-electron chi connectivity index (χ0n) is 20.8. The molecule has 39 heavy (non-hydrogen) atoms. The Morgan fingerprint density at radius 1 is 0.846 bits per heavy atom. The number of allylic oxidation sites excluding steroid dienone is 2. The first-order valence-electron chi connectivity index (χ1n) is 11.9. The van der Waals surface area contributed by atoms with E-state index in [1.165, 1.54) is 13.2 Å². The number of carbonyl (C=O) groups excluding carboxylic acids is 6. The molecule has 2 saturated heterocycles. The van der Waals surface area contributed by atoms with Crippen molar-refractivity contribution in [3.8, 4) is 11.5 Å². The number of amides is 6. The molecule has 6 amide bonds. The molecule has 1 N–H and O–H groups in total. The summed E-state index contributed by atoms with van der Waals surface area (Å²) in [6, 6.07) is 1.52. The van der Waals surface area contributed by atoms with Crippen molar-refractivity contribution in [2.24, 2.45) is 29.6 Å². The molecule has 0 aromatic heterocycles. The van der Waals surface area contributed by atoms with Gasteiger partial charge in [-0.2, -0.15) is 9.80 Å². The van der Waals surface area contributed by atoms with Gasteiger partial charge in [-0.05, 0) is 62.2 Å². The molecule has 0 spiro atoms. The number of methoxy groups -OCH3 is 3. The summed E-state index contributed by atoms with van der Waals surface area (Å²) < 4.78 is 15.3. The van der Waals surface area contributed by atoms with Crippen LogP contribution in [0.2, 0.25) is 0 Å². The van der Waals surface area contributed by atoms with Crippen LogP contribution in [0.3, 0.4) is 0 Å². The van der Waals surface area contributed by atoms with Crippen LogP contribution in [0.15, 0.2) is 26.7 Å². The van der Waals surface area contributed by atoms with Gasteiger partial charge in [0.1, 0.15) is 0 Å². The molecule has 4 aliphatic rings. The maximum atomic E-state index is 13.6. The summed E-state index contributed by atoms with van der Waals surface area (Å²) in [4.78, 5) is 79.3. The van der Waals surface area contributed by atoms with Gasteiger partial charge in [0.2, 0.25) is 23.6 Å². The molecule has 3 fully saturated rings. The SMILES string of the molecule is COC(=O)N1C(=O)C2CC=C3C(CC4C(=O)N(C(=O)OC)C(=O)C4C3c3cc(OC)c(O)c(Br)c3Br)C2C1=O. The molecule has 6 unspecified atom stereocenters. The van der Waals surface area contributed by atoms with Crippen LogP contribution < -0.4 is 4.74 Å². The predicted molar refractivity (Wildman–Crippen MR) is 136 cm³/mol. The average molecular weight is 670 g/mol. The molecule has 206 valence electrons. The number of hydrogen-bond donors (Lipinski definition) is 1. The van der Waals surface area contributed by atoms with E-state index in [9.17, 15) is 33.9 Å². The van der Waals surface area contributed by atoms with Gasteiger partial charge < -0.3 is 19.3 Å². The fraction of sp³-hybridized carbons (Fsp3) is 0.440. The Labute approximate surface area is 238 Å². The van der Waals surface area contributed by atoms with Crippen molar-refractivity contribution in [1.29, 1.82) is 0 Å². The summed E-state index contributed by atoms with van der Waals surface area (Å²) in [7, 11) is 3.47. The average Bonchev–Trinajstić information content (AvgIpc) is 3.34. The first-order valence-corrected chi connectivity index (χ1v) is 13.4. The molecule has 6 atom stereocenters. The van der Waals surface area contributed by atoms with E-state index in [0.717, 1.165) is 14.2 Å². The number of nitrogens with zero attached hydrogens (tertiary/aromatic N) is 2. The summed E-state index contributed by atoms with van der Waals surface area (Å²) in [5.74, 6) is -8.54. The zero-order chi connectivity index (χ0) is 28.5. The lowest BCUT2D eigenvalue weighted by Gasteiger charge is -2.44. The number of halogens is 2. The molecule has 1 aromatic carbocycles. The number of carbonyl (C=O) groups is 6. The number of rotatable bonds is 2. The molecule has 2 aliphatic carbocycles. The monoisotopic (exact) mass is 668 g/mol. The number of phenolic OH excluding ortho intramolecular Hbond substituents is 1. The Morgan fingerprint density at radius 3 is 1.97 bits per heavy atom. The smallest absolute Gasteiger partial charge is 0.423 e. The summed E-state index contributed by atoms with van der Waals surface area (Å²) in [5.41, 5.74) is 1.06. The molecule has 0 radical (unpaired) electrons. The quantitative estimate of drug-likeness (QED) is 0.367. The Morgan fingerprint density at radius 2 is 1.41 bits per heavy atom. The van der Waals surface area contributed by atoms with Gasteiger partial charge in [-0.1, -0.05) is 11.6 Å². The molecule has 14 heteroatoms. The Bertz CT molecular complexity index is 1390. The molecule has 1 aromatic rings. The van der Waals surface area contributed by atoms with Gasteiger partial charge in [0.25, 0.3) is 0 Å². The summed E-state index contributed by atoms with van der Waals surface area (Å²) in [6.45, 7) is 0. The van der Waals surface area contributed by atoms with Crippen molar-refractivity contribution >= 4 is 67.7 Å². The molecule has 1 saturated carbocycles. The third-order valence-corrected chi connectivity index (χ3v) is 10.3. The Balaban J connectivity index is 1.70. The standard InChI is InChI=1S/C25H22Br2N2O10/c1-37-13-7-11(17(26)18(27)19(13)30)14-8-4-5-9-15(22(33)28(20(9)31)24(35)38-2)10(8)6-12-16(14)23(34)29(21(12)32)25(36)39-3/h4,7,9-10,12,14-16,30H,5-6H2,1-3H3. The maximum Gasteiger partial charge on any atom is 0.423 e. The normalized spacial score (nSPS) is 29.5. The van der Waals surface area contributed by atoms with E-state index in [1.54, 1.807) is 6.08 Å². The summed E-state index contributed by atoms with van der Waals surface area (Å²) in [5, 5.41) is 10.5. The lowest BCUT2D eigenvalue weighted by atomic mass is 9.57. The lowest BCUT2D eigenvalue weighted by Crippen LogP contribution is -2.43. The van der Waals surface area contributed by atoms with Crippen molar-refractivity contribution in [2.75, 3.05) is 21.3 Å². The van der Waals surface area contributed by atoms with Crippen molar-refractivity contribution in [3.05, 3.63) is 32.2 Å². The van der Waals surface area contributed by atoms with Gasteiger partial charge in [0, 0.05) is 10.4 Å². The van der Waals surface area contributed by atoms with Gasteiger partial charge in [-0.25, -0.2) is 9.59 Å². The lowest BCUT2D eigenvalue weighted by molar-refractivity contribution is -0.139. The molecule has 0 bridgehead atoms. The Kier molecular flexibility index (Phi) is 6.82. The Hall–Kier alpha value is -3.26. The van der Waals surface area contributed by atoms with Gasteiger partial charge >= 0.3 is 12.2 Å². The van der Waals surface area contributed by atoms with Crippen molar-refractivity contribution in [1.82, 2.24) is 9.80 Å².